The second-order valence-electron chi connectivity index (χ2n) is 12.0. The molecular weight excluding hydrogens is 571 g/mol. The van der Waals surface area contributed by atoms with Gasteiger partial charge in [0.2, 0.25) is 0 Å². The van der Waals surface area contributed by atoms with Gasteiger partial charge in [0.1, 0.15) is 16.6 Å². The molecule has 0 bridgehead atoms. The standard InChI is InChI=1S/C45H29NO/c1-4-14-32(15-5-1)28-29-45(33-24-26-40-39-21-11-13-23-43(39)47-44(40)30-33)41-22-12-10-20-37(41)38-27-25-36(31-42(38)45)46(34-16-6-2-7-17-34)35-18-8-3-9-19-35/h1-27,30-31H. The van der Waals surface area contributed by atoms with Crippen LogP contribution in [-0.2, 0) is 5.41 Å². The third-order valence-corrected chi connectivity index (χ3v) is 9.30. The van der Waals surface area contributed by atoms with Crippen molar-refractivity contribution in [2.24, 2.45) is 0 Å². The first-order chi connectivity index (χ1) is 23.3. The van der Waals surface area contributed by atoms with Crippen LogP contribution in [0.1, 0.15) is 22.3 Å². The normalized spacial score (nSPS) is 14.7. The van der Waals surface area contributed by atoms with Crippen LogP contribution in [0.5, 0.6) is 0 Å². The fraction of sp³-hybridized carbons (Fsp3) is 0.0222. The fourth-order valence-corrected chi connectivity index (χ4v) is 7.17. The maximum absolute atomic E-state index is 6.46. The third-order valence-electron chi connectivity index (χ3n) is 9.30. The second kappa shape index (κ2) is 10.9. The molecule has 9 rings (SSSR count). The van der Waals surface area contributed by atoms with Crippen LogP contribution < -0.4 is 4.90 Å². The summed E-state index contributed by atoms with van der Waals surface area (Å²) in [5.41, 5.74) is 11.1. The first kappa shape index (κ1) is 27.0. The number of furan rings is 1. The molecule has 220 valence electrons. The van der Waals surface area contributed by atoms with E-state index in [0.29, 0.717) is 0 Å². The number of benzene rings is 7. The van der Waals surface area contributed by atoms with E-state index in [4.69, 9.17) is 4.42 Å². The summed E-state index contributed by atoms with van der Waals surface area (Å²) in [6, 6.07) is 61.9. The van der Waals surface area contributed by atoms with Crippen LogP contribution in [0.2, 0.25) is 0 Å². The molecule has 0 aliphatic heterocycles. The molecule has 1 aromatic heterocycles. The van der Waals surface area contributed by atoms with Gasteiger partial charge in [0.15, 0.2) is 0 Å². The van der Waals surface area contributed by atoms with Gasteiger partial charge in [0, 0.05) is 33.4 Å². The first-order valence-corrected chi connectivity index (χ1v) is 15.9. The average Bonchev–Trinajstić information content (AvgIpc) is 3.65. The number of hydrogen-bond acceptors (Lipinski definition) is 2. The summed E-state index contributed by atoms with van der Waals surface area (Å²) in [5.74, 6) is 7.47. The third kappa shape index (κ3) is 4.36. The van der Waals surface area contributed by atoms with Crippen molar-refractivity contribution in [1.82, 2.24) is 0 Å². The van der Waals surface area contributed by atoms with Crippen LogP contribution in [0.4, 0.5) is 17.1 Å². The summed E-state index contributed by atoms with van der Waals surface area (Å²) in [7, 11) is 0. The van der Waals surface area contributed by atoms with Crippen molar-refractivity contribution in [3.8, 4) is 23.0 Å². The van der Waals surface area contributed by atoms with E-state index in [2.05, 4.69) is 162 Å². The zero-order valence-electron chi connectivity index (χ0n) is 25.6. The van der Waals surface area contributed by atoms with Gasteiger partial charge in [-0.05, 0) is 88.5 Å². The Hall–Kier alpha value is -6.30. The Morgan fingerprint density at radius 1 is 0.447 bits per heavy atom. The van der Waals surface area contributed by atoms with Crippen LogP contribution in [0, 0.1) is 11.8 Å². The molecule has 47 heavy (non-hydrogen) atoms. The number of rotatable bonds is 4. The Morgan fingerprint density at radius 2 is 1.06 bits per heavy atom. The zero-order valence-corrected chi connectivity index (χ0v) is 25.6. The van der Waals surface area contributed by atoms with Crippen LogP contribution in [0.15, 0.2) is 180 Å². The average molecular weight is 600 g/mol. The number of para-hydroxylation sites is 3. The van der Waals surface area contributed by atoms with Crippen molar-refractivity contribution in [2.45, 2.75) is 5.41 Å². The Balaban J connectivity index is 1.34. The minimum Gasteiger partial charge on any atom is -0.456 e. The quantitative estimate of drug-likeness (QED) is 0.187. The number of fused-ring (bicyclic) bond motifs is 6. The second-order valence-corrected chi connectivity index (χ2v) is 12.0. The largest absolute Gasteiger partial charge is 0.456 e. The maximum atomic E-state index is 6.46. The van der Waals surface area contributed by atoms with E-state index in [0.717, 1.165) is 55.7 Å². The van der Waals surface area contributed by atoms with Gasteiger partial charge in [0.25, 0.3) is 0 Å². The predicted molar refractivity (Wildman–Crippen MR) is 193 cm³/mol. The monoisotopic (exact) mass is 599 g/mol. The molecule has 0 radical (unpaired) electrons. The van der Waals surface area contributed by atoms with Gasteiger partial charge in [-0.2, -0.15) is 0 Å². The lowest BCUT2D eigenvalue weighted by molar-refractivity contribution is 0.667. The summed E-state index contributed by atoms with van der Waals surface area (Å²) >= 11 is 0. The molecule has 0 saturated carbocycles. The zero-order chi connectivity index (χ0) is 31.2. The van der Waals surface area contributed by atoms with E-state index in [1.54, 1.807) is 0 Å². The van der Waals surface area contributed by atoms with Crippen molar-refractivity contribution in [3.63, 3.8) is 0 Å². The molecule has 0 N–H and O–H groups in total. The molecule has 1 aliphatic rings. The van der Waals surface area contributed by atoms with Gasteiger partial charge in [-0.25, -0.2) is 0 Å². The molecule has 2 heteroatoms. The molecule has 0 amide bonds. The maximum Gasteiger partial charge on any atom is 0.135 e. The lowest BCUT2D eigenvalue weighted by Crippen LogP contribution is -2.25. The van der Waals surface area contributed by atoms with Crippen LogP contribution in [0.25, 0.3) is 33.1 Å². The van der Waals surface area contributed by atoms with Gasteiger partial charge < -0.3 is 9.32 Å². The van der Waals surface area contributed by atoms with Crippen LogP contribution in [0.3, 0.4) is 0 Å². The number of nitrogens with zero attached hydrogens (tertiary/aromatic N) is 1. The summed E-state index contributed by atoms with van der Waals surface area (Å²) in [6.45, 7) is 0. The molecule has 1 aliphatic carbocycles. The number of hydrogen-bond donors (Lipinski definition) is 0. The molecular formula is C45H29NO. The summed E-state index contributed by atoms with van der Waals surface area (Å²) < 4.78 is 6.46. The summed E-state index contributed by atoms with van der Waals surface area (Å²) in [4.78, 5) is 2.32. The lowest BCUT2D eigenvalue weighted by Gasteiger charge is -2.30. The molecule has 1 atom stereocenters. The van der Waals surface area contributed by atoms with Crippen molar-refractivity contribution >= 4 is 39.0 Å². The topological polar surface area (TPSA) is 16.4 Å². The van der Waals surface area contributed by atoms with Gasteiger partial charge in [0.05, 0.1) is 0 Å². The van der Waals surface area contributed by atoms with Gasteiger partial charge in [-0.1, -0.05) is 127 Å². The summed E-state index contributed by atoms with van der Waals surface area (Å²) in [6.07, 6.45) is 0. The fourth-order valence-electron chi connectivity index (χ4n) is 7.17. The first-order valence-electron chi connectivity index (χ1n) is 15.9. The Bertz CT molecular complexity index is 2430. The van der Waals surface area contributed by atoms with E-state index >= 15 is 0 Å². The highest BCUT2D eigenvalue weighted by Gasteiger charge is 2.44. The molecule has 7 aromatic carbocycles. The SMILES string of the molecule is C(#CC1(c2ccc3c(c2)oc2ccccc23)c2ccccc2-c2ccc(N(c3ccccc3)c3ccccc3)cc21)c1ccccc1. The number of anilines is 3. The molecule has 1 heterocycles. The summed E-state index contributed by atoms with van der Waals surface area (Å²) in [5, 5.41) is 2.23. The van der Waals surface area contributed by atoms with Crippen molar-refractivity contribution in [1.29, 1.82) is 0 Å². The Labute approximate surface area is 274 Å². The van der Waals surface area contributed by atoms with E-state index in [9.17, 15) is 0 Å². The molecule has 1 unspecified atom stereocenters. The highest BCUT2D eigenvalue weighted by molar-refractivity contribution is 6.05. The highest BCUT2D eigenvalue weighted by Crippen LogP contribution is 2.54. The van der Waals surface area contributed by atoms with Gasteiger partial charge >= 0.3 is 0 Å². The van der Waals surface area contributed by atoms with Crippen LogP contribution >= 0.6 is 0 Å². The lowest BCUT2D eigenvalue weighted by atomic mass is 9.72. The smallest absolute Gasteiger partial charge is 0.135 e. The Kier molecular flexibility index (Phi) is 6.30. The van der Waals surface area contributed by atoms with Crippen molar-refractivity contribution in [3.05, 3.63) is 198 Å². The van der Waals surface area contributed by atoms with E-state index in [1.807, 2.05) is 30.3 Å². The van der Waals surface area contributed by atoms with Crippen LogP contribution in [-0.4, -0.2) is 0 Å². The molecule has 2 nitrogen and oxygen atoms in total. The van der Waals surface area contributed by atoms with E-state index in [1.165, 1.54) is 16.7 Å². The minimum atomic E-state index is -0.746. The van der Waals surface area contributed by atoms with E-state index in [-0.39, 0.29) is 0 Å². The van der Waals surface area contributed by atoms with Gasteiger partial charge in [-0.3, -0.25) is 0 Å². The van der Waals surface area contributed by atoms with Crippen molar-refractivity contribution in [2.75, 3.05) is 4.90 Å². The molecule has 0 spiro atoms. The Morgan fingerprint density at radius 3 is 1.83 bits per heavy atom. The molecule has 8 aromatic rings. The van der Waals surface area contributed by atoms with Crippen molar-refractivity contribution < 1.29 is 4.42 Å². The highest BCUT2D eigenvalue weighted by atomic mass is 16.3. The predicted octanol–water partition coefficient (Wildman–Crippen LogP) is 11.4. The van der Waals surface area contributed by atoms with E-state index < -0.39 is 5.41 Å². The minimum absolute atomic E-state index is 0.746. The molecule has 0 fully saturated rings. The molecule has 0 saturated heterocycles. The van der Waals surface area contributed by atoms with Gasteiger partial charge in [-0.15, -0.1) is 0 Å².